The summed E-state index contributed by atoms with van der Waals surface area (Å²) >= 11 is 1.40. The first kappa shape index (κ1) is 17.8. The van der Waals surface area contributed by atoms with Crippen molar-refractivity contribution >= 4 is 28.8 Å². The molecule has 0 radical (unpaired) electrons. The Labute approximate surface area is 139 Å². The van der Waals surface area contributed by atoms with Gasteiger partial charge in [-0.25, -0.2) is 0 Å². The highest BCUT2D eigenvalue weighted by Gasteiger charge is 2.31. The zero-order valence-electron chi connectivity index (χ0n) is 12.4. The van der Waals surface area contributed by atoms with Crippen LogP contribution in [0.2, 0.25) is 0 Å². The Morgan fingerprint density at radius 3 is 2.54 bits per heavy atom. The minimum Gasteiger partial charge on any atom is -0.497 e. The molecule has 0 fully saturated rings. The summed E-state index contributed by atoms with van der Waals surface area (Å²) in [5.74, 6) is -2.09. The van der Waals surface area contributed by atoms with E-state index in [0.29, 0.717) is 0 Å². The van der Waals surface area contributed by atoms with Gasteiger partial charge in [-0.1, -0.05) is 6.07 Å². The molecule has 0 aliphatic carbocycles. The number of ether oxygens (including phenoxy) is 1. The van der Waals surface area contributed by atoms with Gasteiger partial charge < -0.3 is 15.4 Å². The van der Waals surface area contributed by atoms with E-state index in [9.17, 15) is 22.8 Å². The van der Waals surface area contributed by atoms with Crippen LogP contribution in [0.25, 0.3) is 0 Å². The Balaban J connectivity index is 2.06. The molecule has 1 heterocycles. The molecule has 0 atom stereocenters. The molecule has 0 bridgehead atoms. The van der Waals surface area contributed by atoms with E-state index in [1.165, 1.54) is 24.5 Å². The predicted octanol–water partition coefficient (Wildman–Crippen LogP) is 3.03. The van der Waals surface area contributed by atoms with Gasteiger partial charge in [0.1, 0.15) is 5.75 Å². The molecule has 0 spiro atoms. The molecule has 0 saturated heterocycles. The first-order valence-corrected chi connectivity index (χ1v) is 7.55. The molecule has 1 aromatic carbocycles. The Kier molecular flexibility index (Phi) is 5.45. The third-order valence-corrected chi connectivity index (χ3v) is 3.81. The minimum atomic E-state index is -4.60. The van der Waals surface area contributed by atoms with Gasteiger partial charge in [0, 0.05) is 16.6 Å². The number of hydrogen-bond donors (Lipinski definition) is 2. The molecular weight excluding hydrogens is 345 g/mol. The molecule has 2 amide bonds. The Bertz CT molecular complexity index is 730. The van der Waals surface area contributed by atoms with Gasteiger partial charge in [-0.05, 0) is 23.6 Å². The van der Waals surface area contributed by atoms with Gasteiger partial charge in [-0.3, -0.25) is 9.59 Å². The van der Waals surface area contributed by atoms with Gasteiger partial charge in [-0.2, -0.15) is 13.2 Å². The van der Waals surface area contributed by atoms with Crippen molar-refractivity contribution in [2.75, 3.05) is 12.4 Å². The maximum atomic E-state index is 12.8. The number of thiophene rings is 1. The van der Waals surface area contributed by atoms with Crippen molar-refractivity contribution in [2.45, 2.75) is 12.7 Å². The number of methoxy groups -OCH3 is 1. The maximum absolute atomic E-state index is 12.8. The Morgan fingerprint density at radius 1 is 1.21 bits per heavy atom. The SMILES string of the molecule is COc1cc(NC(=O)C(=O)NCc2cccs2)cc(C(F)(F)F)c1. The molecule has 0 unspecified atom stereocenters. The lowest BCUT2D eigenvalue weighted by Gasteiger charge is -2.12. The van der Waals surface area contributed by atoms with Gasteiger partial charge in [0.25, 0.3) is 0 Å². The zero-order valence-corrected chi connectivity index (χ0v) is 13.3. The Morgan fingerprint density at radius 2 is 1.96 bits per heavy atom. The fraction of sp³-hybridized carbons (Fsp3) is 0.200. The highest BCUT2D eigenvalue weighted by atomic mass is 32.1. The molecule has 2 aromatic rings. The van der Waals surface area contributed by atoms with E-state index in [-0.39, 0.29) is 18.0 Å². The average Bonchev–Trinajstić information content (AvgIpc) is 3.04. The molecular formula is C15H13F3N2O3S. The number of alkyl halides is 3. The largest absolute Gasteiger partial charge is 0.497 e. The van der Waals surface area contributed by atoms with Crippen LogP contribution in [0.4, 0.5) is 18.9 Å². The molecule has 2 rings (SSSR count). The maximum Gasteiger partial charge on any atom is 0.416 e. The summed E-state index contributed by atoms with van der Waals surface area (Å²) in [6, 6.07) is 6.29. The van der Waals surface area contributed by atoms with Crippen molar-refractivity contribution in [1.82, 2.24) is 5.32 Å². The van der Waals surface area contributed by atoms with Crippen LogP contribution in [0, 0.1) is 0 Å². The van der Waals surface area contributed by atoms with Crippen LogP contribution in [-0.2, 0) is 22.3 Å². The van der Waals surface area contributed by atoms with E-state index in [4.69, 9.17) is 4.74 Å². The first-order valence-electron chi connectivity index (χ1n) is 6.67. The smallest absolute Gasteiger partial charge is 0.416 e. The number of anilines is 1. The topological polar surface area (TPSA) is 67.4 Å². The van der Waals surface area contributed by atoms with Crippen LogP contribution >= 0.6 is 11.3 Å². The van der Waals surface area contributed by atoms with Crippen molar-refractivity contribution in [3.8, 4) is 5.75 Å². The predicted molar refractivity (Wildman–Crippen MR) is 82.8 cm³/mol. The van der Waals surface area contributed by atoms with Gasteiger partial charge in [-0.15, -0.1) is 11.3 Å². The monoisotopic (exact) mass is 358 g/mol. The molecule has 9 heteroatoms. The second kappa shape index (κ2) is 7.35. The van der Waals surface area contributed by atoms with E-state index >= 15 is 0 Å². The van der Waals surface area contributed by atoms with E-state index in [0.717, 1.165) is 17.0 Å². The molecule has 128 valence electrons. The van der Waals surface area contributed by atoms with Gasteiger partial charge in [0.15, 0.2) is 0 Å². The number of hydrogen-bond acceptors (Lipinski definition) is 4. The van der Waals surface area contributed by atoms with Gasteiger partial charge >= 0.3 is 18.0 Å². The summed E-state index contributed by atoms with van der Waals surface area (Å²) in [6.07, 6.45) is -4.60. The fourth-order valence-corrected chi connectivity index (χ4v) is 2.45. The second-order valence-corrected chi connectivity index (χ2v) is 5.70. The van der Waals surface area contributed by atoms with Crippen molar-refractivity contribution in [1.29, 1.82) is 0 Å². The fourth-order valence-electron chi connectivity index (χ4n) is 1.80. The zero-order chi connectivity index (χ0) is 17.7. The summed E-state index contributed by atoms with van der Waals surface area (Å²) in [5.41, 5.74) is -1.17. The van der Waals surface area contributed by atoms with E-state index in [2.05, 4.69) is 10.6 Å². The summed E-state index contributed by atoms with van der Waals surface area (Å²) in [4.78, 5) is 24.3. The van der Waals surface area contributed by atoms with Crippen molar-refractivity contribution in [3.05, 3.63) is 46.2 Å². The number of benzene rings is 1. The van der Waals surface area contributed by atoms with Crippen molar-refractivity contribution < 1.29 is 27.5 Å². The molecule has 1 aromatic heterocycles. The summed E-state index contributed by atoms with van der Waals surface area (Å²) in [5, 5.41) is 6.33. The molecule has 5 nitrogen and oxygen atoms in total. The number of carbonyl (C=O) groups is 2. The normalized spacial score (nSPS) is 11.0. The third kappa shape index (κ3) is 4.72. The molecule has 0 saturated carbocycles. The van der Waals surface area contributed by atoms with E-state index < -0.39 is 23.6 Å². The van der Waals surface area contributed by atoms with Gasteiger partial charge in [0.2, 0.25) is 0 Å². The number of halogens is 3. The first-order chi connectivity index (χ1) is 11.3. The van der Waals surface area contributed by atoms with Crippen LogP contribution < -0.4 is 15.4 Å². The van der Waals surface area contributed by atoms with E-state index in [1.54, 1.807) is 12.1 Å². The van der Waals surface area contributed by atoms with Crippen LogP contribution in [0.1, 0.15) is 10.4 Å². The lowest BCUT2D eigenvalue weighted by atomic mass is 10.1. The van der Waals surface area contributed by atoms with Crippen LogP contribution in [0.15, 0.2) is 35.7 Å². The molecule has 0 aliphatic heterocycles. The summed E-state index contributed by atoms with van der Waals surface area (Å²) in [6.45, 7) is 0.163. The number of carbonyl (C=O) groups excluding carboxylic acids is 2. The summed E-state index contributed by atoms with van der Waals surface area (Å²) < 4.78 is 43.2. The van der Waals surface area contributed by atoms with Crippen LogP contribution in [0.5, 0.6) is 5.75 Å². The minimum absolute atomic E-state index is 0.0841. The molecule has 0 aliphatic rings. The van der Waals surface area contributed by atoms with Crippen LogP contribution in [0.3, 0.4) is 0 Å². The standard InChI is InChI=1S/C15H13F3N2O3S/c1-23-11-6-9(15(16,17)18)5-10(7-11)20-14(22)13(21)19-8-12-3-2-4-24-12/h2-7H,8H2,1H3,(H,19,21)(H,20,22). The average molecular weight is 358 g/mol. The summed E-state index contributed by atoms with van der Waals surface area (Å²) in [7, 11) is 1.20. The van der Waals surface area contributed by atoms with E-state index in [1.807, 2.05) is 5.38 Å². The number of amides is 2. The third-order valence-electron chi connectivity index (χ3n) is 2.94. The molecule has 2 N–H and O–H groups in total. The lowest BCUT2D eigenvalue weighted by molar-refractivity contribution is -0.137. The van der Waals surface area contributed by atoms with Crippen LogP contribution in [-0.4, -0.2) is 18.9 Å². The van der Waals surface area contributed by atoms with Gasteiger partial charge in [0.05, 0.1) is 19.2 Å². The molecule has 24 heavy (non-hydrogen) atoms. The number of nitrogens with one attached hydrogen (secondary N) is 2. The van der Waals surface area contributed by atoms with Crippen molar-refractivity contribution in [3.63, 3.8) is 0 Å². The highest BCUT2D eigenvalue weighted by Crippen LogP contribution is 2.34. The Hall–Kier alpha value is -2.55. The highest BCUT2D eigenvalue weighted by molar-refractivity contribution is 7.09. The van der Waals surface area contributed by atoms with Crippen molar-refractivity contribution in [2.24, 2.45) is 0 Å². The second-order valence-electron chi connectivity index (χ2n) is 4.66. The lowest BCUT2D eigenvalue weighted by Crippen LogP contribution is -2.34. The quantitative estimate of drug-likeness (QED) is 0.826. The number of rotatable bonds is 4.